The number of benzene rings is 1. The zero-order valence-electron chi connectivity index (χ0n) is 15.9. The fourth-order valence-corrected chi connectivity index (χ4v) is 3.20. The number of nitrogens with zero attached hydrogens (tertiary/aromatic N) is 2. The van der Waals surface area contributed by atoms with Crippen molar-refractivity contribution >= 4 is 6.09 Å². The number of ether oxygens (including phenoxy) is 1. The molecule has 1 amide bonds. The molecule has 5 heteroatoms. The Morgan fingerprint density at radius 1 is 1.16 bits per heavy atom. The van der Waals surface area contributed by atoms with E-state index in [-0.39, 0.29) is 12.1 Å². The summed E-state index contributed by atoms with van der Waals surface area (Å²) >= 11 is 0. The summed E-state index contributed by atoms with van der Waals surface area (Å²) in [4.78, 5) is 17.0. The standard InChI is InChI=1S/C20H33N3O2/c1-20(2,3)25-19(24)23-15-14-22(13-9-5-8-12-21)16-18(23)17-10-6-4-7-11-17/h4,6-7,10-11,18H,5,8-9,12-16,21H2,1-3H3. The van der Waals surface area contributed by atoms with Gasteiger partial charge in [0, 0.05) is 19.6 Å². The van der Waals surface area contributed by atoms with Gasteiger partial charge in [-0.15, -0.1) is 0 Å². The lowest BCUT2D eigenvalue weighted by Crippen LogP contribution is -2.51. The molecule has 1 saturated heterocycles. The molecule has 25 heavy (non-hydrogen) atoms. The Bertz CT molecular complexity index is 527. The molecule has 1 aromatic rings. The largest absolute Gasteiger partial charge is 0.444 e. The van der Waals surface area contributed by atoms with Crippen molar-refractivity contribution < 1.29 is 9.53 Å². The Kier molecular flexibility index (Phi) is 7.26. The van der Waals surface area contributed by atoms with E-state index in [4.69, 9.17) is 10.5 Å². The minimum Gasteiger partial charge on any atom is -0.444 e. The fraction of sp³-hybridized carbons (Fsp3) is 0.650. The second-order valence-corrected chi connectivity index (χ2v) is 7.75. The van der Waals surface area contributed by atoms with Gasteiger partial charge in [-0.1, -0.05) is 36.8 Å². The first kappa shape index (κ1) is 19.7. The van der Waals surface area contributed by atoms with E-state index in [0.717, 1.165) is 39.0 Å². The van der Waals surface area contributed by atoms with E-state index in [1.54, 1.807) is 0 Å². The van der Waals surface area contributed by atoms with Gasteiger partial charge < -0.3 is 10.5 Å². The molecule has 140 valence electrons. The van der Waals surface area contributed by atoms with Crippen LogP contribution in [0.25, 0.3) is 0 Å². The molecule has 2 N–H and O–H groups in total. The molecule has 0 aromatic heterocycles. The Morgan fingerprint density at radius 3 is 2.52 bits per heavy atom. The first-order valence-corrected chi connectivity index (χ1v) is 9.37. The summed E-state index contributed by atoms with van der Waals surface area (Å²) in [5.74, 6) is 0. The van der Waals surface area contributed by atoms with Gasteiger partial charge in [0.1, 0.15) is 5.60 Å². The predicted octanol–water partition coefficient (Wildman–Crippen LogP) is 3.41. The Morgan fingerprint density at radius 2 is 1.88 bits per heavy atom. The number of carbonyl (C=O) groups excluding carboxylic acids is 1. The van der Waals surface area contributed by atoms with Crippen molar-refractivity contribution in [2.75, 3.05) is 32.7 Å². The lowest BCUT2D eigenvalue weighted by atomic mass is 10.0. The summed E-state index contributed by atoms with van der Waals surface area (Å²) in [6.45, 7) is 10.0. The molecule has 0 spiro atoms. The van der Waals surface area contributed by atoms with E-state index < -0.39 is 5.60 Å². The van der Waals surface area contributed by atoms with Crippen molar-refractivity contribution in [1.29, 1.82) is 0 Å². The number of hydrogen-bond acceptors (Lipinski definition) is 4. The maximum atomic E-state index is 12.7. The van der Waals surface area contributed by atoms with E-state index in [2.05, 4.69) is 17.0 Å². The summed E-state index contributed by atoms with van der Waals surface area (Å²) < 4.78 is 5.63. The SMILES string of the molecule is CC(C)(C)OC(=O)N1CCN(CCCCCN)CC1c1ccccc1. The number of carbonyl (C=O) groups is 1. The average molecular weight is 348 g/mol. The Balaban J connectivity index is 2.05. The average Bonchev–Trinajstić information content (AvgIpc) is 2.58. The van der Waals surface area contributed by atoms with Crippen LogP contribution in [0.3, 0.4) is 0 Å². The first-order chi connectivity index (χ1) is 11.9. The molecule has 1 fully saturated rings. The smallest absolute Gasteiger partial charge is 0.410 e. The summed E-state index contributed by atoms with van der Waals surface area (Å²) in [6.07, 6.45) is 3.19. The first-order valence-electron chi connectivity index (χ1n) is 9.37. The highest BCUT2D eigenvalue weighted by atomic mass is 16.6. The van der Waals surface area contributed by atoms with Gasteiger partial charge in [-0.05, 0) is 52.3 Å². The van der Waals surface area contributed by atoms with Crippen molar-refractivity contribution in [3.63, 3.8) is 0 Å². The van der Waals surface area contributed by atoms with Gasteiger partial charge in [0.05, 0.1) is 6.04 Å². The fourth-order valence-electron chi connectivity index (χ4n) is 3.20. The summed E-state index contributed by atoms with van der Waals surface area (Å²) in [6, 6.07) is 10.3. The quantitative estimate of drug-likeness (QED) is 0.801. The molecule has 1 atom stereocenters. The minimum absolute atomic E-state index is 0.0410. The monoisotopic (exact) mass is 347 g/mol. The van der Waals surface area contributed by atoms with Crippen LogP contribution in [-0.4, -0.2) is 54.2 Å². The summed E-state index contributed by atoms with van der Waals surface area (Å²) in [7, 11) is 0. The molecule has 0 saturated carbocycles. The van der Waals surface area contributed by atoms with Gasteiger partial charge in [0.2, 0.25) is 0 Å². The van der Waals surface area contributed by atoms with Gasteiger partial charge in [-0.3, -0.25) is 9.80 Å². The van der Waals surface area contributed by atoms with E-state index in [1.807, 2.05) is 43.9 Å². The minimum atomic E-state index is -0.475. The van der Waals surface area contributed by atoms with Crippen molar-refractivity contribution in [3.8, 4) is 0 Å². The number of amides is 1. The topological polar surface area (TPSA) is 58.8 Å². The van der Waals surface area contributed by atoms with E-state index in [9.17, 15) is 4.79 Å². The third kappa shape index (κ3) is 6.33. The zero-order chi connectivity index (χ0) is 18.3. The van der Waals surface area contributed by atoms with Crippen molar-refractivity contribution in [1.82, 2.24) is 9.80 Å². The molecule has 0 radical (unpaired) electrons. The van der Waals surface area contributed by atoms with Crippen LogP contribution in [0.15, 0.2) is 30.3 Å². The lowest BCUT2D eigenvalue weighted by molar-refractivity contribution is -0.00212. The molecule has 0 aliphatic carbocycles. The van der Waals surface area contributed by atoms with Gasteiger partial charge in [0.25, 0.3) is 0 Å². The highest BCUT2D eigenvalue weighted by Gasteiger charge is 2.33. The Hall–Kier alpha value is -1.59. The van der Waals surface area contributed by atoms with Crippen LogP contribution >= 0.6 is 0 Å². The van der Waals surface area contributed by atoms with Crippen molar-refractivity contribution in [2.24, 2.45) is 5.73 Å². The number of nitrogens with two attached hydrogens (primary N) is 1. The number of hydrogen-bond donors (Lipinski definition) is 1. The lowest BCUT2D eigenvalue weighted by Gasteiger charge is -2.42. The highest BCUT2D eigenvalue weighted by molar-refractivity contribution is 5.69. The predicted molar refractivity (Wildman–Crippen MR) is 101 cm³/mol. The second kappa shape index (κ2) is 9.20. The molecule has 2 rings (SSSR count). The van der Waals surface area contributed by atoms with Crippen LogP contribution in [0.5, 0.6) is 0 Å². The van der Waals surface area contributed by atoms with Gasteiger partial charge >= 0.3 is 6.09 Å². The number of unbranched alkanes of at least 4 members (excludes halogenated alkanes) is 2. The summed E-state index contributed by atoms with van der Waals surface area (Å²) in [5, 5.41) is 0. The molecular formula is C20H33N3O2. The van der Waals surface area contributed by atoms with Gasteiger partial charge in [-0.2, -0.15) is 0 Å². The third-order valence-electron chi connectivity index (χ3n) is 4.46. The Labute approximate surface area is 152 Å². The second-order valence-electron chi connectivity index (χ2n) is 7.75. The molecule has 1 heterocycles. The number of piperazine rings is 1. The van der Waals surface area contributed by atoms with Crippen LogP contribution in [0, 0.1) is 0 Å². The van der Waals surface area contributed by atoms with Crippen LogP contribution < -0.4 is 5.73 Å². The van der Waals surface area contributed by atoms with Gasteiger partial charge in [0.15, 0.2) is 0 Å². The maximum Gasteiger partial charge on any atom is 0.410 e. The maximum absolute atomic E-state index is 12.7. The van der Waals surface area contributed by atoms with Crippen LogP contribution in [0.4, 0.5) is 4.79 Å². The van der Waals surface area contributed by atoms with E-state index in [1.165, 1.54) is 12.0 Å². The van der Waals surface area contributed by atoms with Crippen molar-refractivity contribution in [2.45, 2.75) is 51.7 Å². The van der Waals surface area contributed by atoms with Crippen LogP contribution in [0.1, 0.15) is 51.6 Å². The molecule has 0 bridgehead atoms. The molecule has 5 nitrogen and oxygen atoms in total. The molecular weight excluding hydrogens is 314 g/mol. The summed E-state index contributed by atoms with van der Waals surface area (Å²) in [5.41, 5.74) is 6.27. The van der Waals surface area contributed by atoms with E-state index >= 15 is 0 Å². The van der Waals surface area contributed by atoms with E-state index in [0.29, 0.717) is 6.54 Å². The molecule has 1 aromatic carbocycles. The van der Waals surface area contributed by atoms with Gasteiger partial charge in [-0.25, -0.2) is 4.79 Å². The normalized spacial score (nSPS) is 19.0. The van der Waals surface area contributed by atoms with Crippen LogP contribution in [-0.2, 0) is 4.74 Å². The zero-order valence-corrected chi connectivity index (χ0v) is 15.9. The third-order valence-corrected chi connectivity index (χ3v) is 4.46. The number of rotatable bonds is 6. The molecule has 1 unspecified atom stereocenters. The highest BCUT2D eigenvalue weighted by Crippen LogP contribution is 2.27. The van der Waals surface area contributed by atoms with Crippen molar-refractivity contribution in [3.05, 3.63) is 35.9 Å². The van der Waals surface area contributed by atoms with Crippen LogP contribution in [0.2, 0.25) is 0 Å². The molecule has 1 aliphatic rings. The molecule has 1 aliphatic heterocycles.